The number of hydrogen-bond acceptors (Lipinski definition) is 13. The standard InChI is InChI=1S/C10H16N5O14P3.2Li/c11-10-13-7-4(8(18)14-10)12-2-15(7)9-6(17)5(16)3(27-9)1-26-31(22,23)29-32(24,25)28-30(19,20)21;;/h2-3,5-6,9,16-17H,1H2,(H,22,23)(H,24,25)(H2,19,20,21)(H3,11,13,14,18);;/t3-,5-,6-,9-;;/m1../s1. The largest absolute Gasteiger partial charge is 0.490 e. The number of aliphatic hydroxyl groups excluding tert-OH is 2. The summed E-state index contributed by atoms with van der Waals surface area (Å²) in [5.74, 6) is -0.276. The van der Waals surface area contributed by atoms with Crippen molar-refractivity contribution >= 4 is 78.3 Å². The van der Waals surface area contributed by atoms with Crippen molar-refractivity contribution in [3.05, 3.63) is 16.7 Å². The number of aliphatic hydroxyl groups is 2. The number of fused-ring (bicyclic) bond motifs is 1. The molecule has 2 aromatic heterocycles. The van der Waals surface area contributed by atoms with E-state index in [-0.39, 0.29) is 54.8 Å². The molecular formula is C10H16Li2N5O14P3. The Kier molecular flexibility index (Phi) is 10.6. The van der Waals surface area contributed by atoms with Crippen LogP contribution in [0.4, 0.5) is 5.95 Å². The molecule has 0 aliphatic carbocycles. The maximum Gasteiger partial charge on any atom is 0.490 e. The van der Waals surface area contributed by atoms with Crippen LogP contribution in [0.5, 0.6) is 0 Å². The van der Waals surface area contributed by atoms with Crippen molar-refractivity contribution in [2.45, 2.75) is 24.5 Å². The van der Waals surface area contributed by atoms with E-state index in [1.54, 1.807) is 0 Å². The molecule has 3 heterocycles. The number of nitrogens with one attached hydrogen (secondary N) is 1. The maximum absolute atomic E-state index is 11.9. The minimum absolute atomic E-state index is 0. The molecule has 0 bridgehead atoms. The van der Waals surface area contributed by atoms with Crippen molar-refractivity contribution in [2.24, 2.45) is 0 Å². The van der Waals surface area contributed by atoms with Crippen molar-refractivity contribution in [1.82, 2.24) is 19.5 Å². The number of anilines is 1. The van der Waals surface area contributed by atoms with Crippen molar-refractivity contribution < 1.29 is 61.4 Å². The van der Waals surface area contributed by atoms with Gasteiger partial charge in [-0.05, 0) is 0 Å². The number of imidazole rings is 1. The molecule has 0 spiro atoms. The Bertz CT molecular complexity index is 1220. The van der Waals surface area contributed by atoms with Crippen LogP contribution in [0.3, 0.4) is 0 Å². The predicted octanol–water partition coefficient (Wildman–Crippen LogP) is -3.10. The van der Waals surface area contributed by atoms with Crippen LogP contribution in [-0.4, -0.2) is 112 Å². The number of ether oxygens (including phenoxy) is 1. The molecule has 9 N–H and O–H groups in total. The zero-order chi connectivity index (χ0) is 24.1. The van der Waals surface area contributed by atoms with E-state index in [0.29, 0.717) is 0 Å². The van der Waals surface area contributed by atoms with E-state index < -0.39 is 60.2 Å². The summed E-state index contributed by atoms with van der Waals surface area (Å²) in [7, 11) is -16.8. The molecule has 19 nitrogen and oxygen atoms in total. The number of rotatable bonds is 8. The third-order valence-electron chi connectivity index (χ3n) is 3.88. The average Bonchev–Trinajstić information content (AvgIpc) is 3.12. The Morgan fingerprint density at radius 2 is 1.71 bits per heavy atom. The van der Waals surface area contributed by atoms with Gasteiger partial charge in [-0.3, -0.25) is 18.9 Å². The van der Waals surface area contributed by atoms with Crippen LogP contribution in [0.15, 0.2) is 11.1 Å². The zero-order valence-corrected chi connectivity index (χ0v) is 20.0. The number of aromatic nitrogens is 4. The molecule has 2 unspecified atom stereocenters. The molecule has 0 amide bonds. The molecular weight excluding hydrogens is 521 g/mol. The minimum atomic E-state index is -5.73. The summed E-state index contributed by atoms with van der Waals surface area (Å²) in [6.07, 6.45) is -5.33. The molecule has 3 rings (SSSR count). The van der Waals surface area contributed by atoms with Gasteiger partial charge in [-0.2, -0.15) is 13.6 Å². The summed E-state index contributed by atoms with van der Waals surface area (Å²) >= 11 is 0. The first-order valence-electron chi connectivity index (χ1n) is 8.11. The average molecular weight is 537 g/mol. The van der Waals surface area contributed by atoms with Gasteiger partial charge in [0.05, 0.1) is 12.9 Å². The molecule has 34 heavy (non-hydrogen) atoms. The molecule has 0 aromatic carbocycles. The van der Waals surface area contributed by atoms with Crippen molar-refractivity contribution in [1.29, 1.82) is 0 Å². The van der Waals surface area contributed by atoms with Crippen LogP contribution in [-0.2, 0) is 31.6 Å². The molecule has 1 aliphatic rings. The van der Waals surface area contributed by atoms with Gasteiger partial charge in [-0.15, -0.1) is 0 Å². The molecule has 24 heteroatoms. The fraction of sp³-hybridized carbons (Fsp3) is 0.500. The third-order valence-corrected chi connectivity index (χ3v) is 7.68. The Morgan fingerprint density at radius 1 is 1.09 bits per heavy atom. The third kappa shape index (κ3) is 7.57. The minimum Gasteiger partial charge on any atom is -0.387 e. The number of phosphoric acid groups is 3. The van der Waals surface area contributed by atoms with Gasteiger partial charge in [-0.1, -0.05) is 0 Å². The van der Waals surface area contributed by atoms with Crippen LogP contribution >= 0.6 is 23.5 Å². The fourth-order valence-electron chi connectivity index (χ4n) is 2.70. The number of nitrogens with zero attached hydrogens (tertiary/aromatic N) is 3. The smallest absolute Gasteiger partial charge is 0.387 e. The van der Waals surface area contributed by atoms with Crippen LogP contribution in [0.1, 0.15) is 6.23 Å². The predicted molar refractivity (Wildman–Crippen MR) is 110 cm³/mol. The second-order valence-electron chi connectivity index (χ2n) is 6.21. The van der Waals surface area contributed by atoms with Crippen molar-refractivity contribution in [3.8, 4) is 0 Å². The normalized spacial score (nSPS) is 26.3. The van der Waals surface area contributed by atoms with E-state index in [9.17, 15) is 33.6 Å². The molecule has 2 radical (unpaired) electrons. The summed E-state index contributed by atoms with van der Waals surface area (Å²) in [6.45, 7) is -1.01. The number of nitrogen functional groups attached to an aromatic ring is 1. The van der Waals surface area contributed by atoms with Crippen LogP contribution in [0, 0.1) is 0 Å². The summed E-state index contributed by atoms with van der Waals surface area (Å²) in [5.41, 5.74) is 4.50. The molecule has 6 atom stereocenters. The zero-order valence-electron chi connectivity index (χ0n) is 17.3. The number of nitrogens with two attached hydrogens (primary N) is 1. The molecule has 1 saturated heterocycles. The topological polar surface area (TPSA) is 299 Å². The first-order chi connectivity index (χ1) is 14.6. The molecule has 1 aliphatic heterocycles. The Balaban J connectivity index is 0.00000289. The molecule has 0 saturated carbocycles. The van der Waals surface area contributed by atoms with Gasteiger partial charge in [0.25, 0.3) is 5.56 Å². The first-order valence-corrected chi connectivity index (χ1v) is 12.6. The van der Waals surface area contributed by atoms with Crippen molar-refractivity contribution in [3.63, 3.8) is 0 Å². The second-order valence-corrected chi connectivity index (χ2v) is 10.6. The van der Waals surface area contributed by atoms with Gasteiger partial charge in [0.15, 0.2) is 17.4 Å². The molecule has 182 valence electrons. The van der Waals surface area contributed by atoms with E-state index in [0.717, 1.165) is 10.9 Å². The maximum atomic E-state index is 11.9. The quantitative estimate of drug-likeness (QED) is 0.122. The van der Waals surface area contributed by atoms with E-state index in [4.69, 9.17) is 25.2 Å². The number of H-pyrrole nitrogens is 1. The van der Waals surface area contributed by atoms with E-state index in [2.05, 4.69) is 28.1 Å². The van der Waals surface area contributed by atoms with Gasteiger partial charge in [-0.25, -0.2) is 18.7 Å². The second kappa shape index (κ2) is 11.4. The molecule has 1 fully saturated rings. The van der Waals surface area contributed by atoms with E-state index in [1.807, 2.05) is 0 Å². The summed E-state index contributed by atoms with van der Waals surface area (Å²) < 4.78 is 51.6. The Morgan fingerprint density at radius 3 is 2.29 bits per heavy atom. The Hall–Kier alpha value is -0.365. The van der Waals surface area contributed by atoms with Gasteiger partial charge in [0.2, 0.25) is 5.95 Å². The monoisotopic (exact) mass is 537 g/mol. The van der Waals surface area contributed by atoms with E-state index >= 15 is 0 Å². The summed E-state index contributed by atoms with van der Waals surface area (Å²) in [5, 5.41) is 20.4. The van der Waals surface area contributed by atoms with Crippen LogP contribution < -0.4 is 11.3 Å². The van der Waals surface area contributed by atoms with Crippen LogP contribution in [0.2, 0.25) is 0 Å². The SMILES string of the molecule is Nc1nc2c(ncn2[C@@H]2O[C@H](COP(=O)(O)OP(=O)(O)OP(=O)(O)O)[C@@H](O)[C@H]2O)c(=O)[nH]1.[Li].[Li]. The number of aromatic amines is 1. The first kappa shape index (κ1) is 31.7. The van der Waals surface area contributed by atoms with Crippen molar-refractivity contribution in [2.75, 3.05) is 12.3 Å². The van der Waals surface area contributed by atoms with Gasteiger partial charge < -0.3 is 40.3 Å². The van der Waals surface area contributed by atoms with Crippen LogP contribution in [0.25, 0.3) is 11.2 Å². The van der Waals surface area contributed by atoms with Gasteiger partial charge in [0.1, 0.15) is 18.3 Å². The summed E-state index contributed by atoms with van der Waals surface area (Å²) in [4.78, 5) is 57.3. The van der Waals surface area contributed by atoms with E-state index in [1.165, 1.54) is 0 Å². The van der Waals surface area contributed by atoms with Gasteiger partial charge >= 0.3 is 23.5 Å². The molecule has 2 aromatic rings. The number of phosphoric ester groups is 1. The fourth-order valence-corrected chi connectivity index (χ4v) is 5.73. The number of hydrogen-bond donors (Lipinski definition) is 8. The Labute approximate surface area is 212 Å². The van der Waals surface area contributed by atoms with Gasteiger partial charge in [0, 0.05) is 37.7 Å². The summed E-state index contributed by atoms with van der Waals surface area (Å²) in [6, 6.07) is 0.